The number of nitrogens with zero attached hydrogens (tertiary/aromatic N) is 2. The number of aromatic nitrogens is 2. The molecule has 2 aromatic carbocycles. The van der Waals surface area contributed by atoms with Gasteiger partial charge in [-0.25, -0.2) is 14.8 Å². The zero-order valence-electron chi connectivity index (χ0n) is 12.6. The normalized spacial score (nSPS) is 10.8. The van der Waals surface area contributed by atoms with E-state index < -0.39 is 5.97 Å². The van der Waals surface area contributed by atoms with Crippen LogP contribution in [0.5, 0.6) is 0 Å². The Kier molecular flexibility index (Phi) is 5.23. The number of esters is 1. The first-order valence-corrected chi connectivity index (χ1v) is 8.72. The molecule has 0 amide bonds. The first kappa shape index (κ1) is 17.0. The standard InChI is InChI=1S/C17H12Cl2N2O2S/c1-2-23-17(22)15-16(21-13-6-4-3-5-12(13)20-15)24-14-8-7-10(18)9-11(14)19/h3-9H,2H2,1H3. The van der Waals surface area contributed by atoms with Gasteiger partial charge in [0.1, 0.15) is 5.03 Å². The lowest BCUT2D eigenvalue weighted by atomic mass is 10.3. The van der Waals surface area contributed by atoms with Crippen molar-refractivity contribution in [3.8, 4) is 0 Å². The summed E-state index contributed by atoms with van der Waals surface area (Å²) < 4.78 is 5.10. The first-order chi connectivity index (χ1) is 11.6. The minimum absolute atomic E-state index is 0.173. The van der Waals surface area contributed by atoms with Crippen LogP contribution in [-0.2, 0) is 4.74 Å². The minimum atomic E-state index is -0.511. The predicted molar refractivity (Wildman–Crippen MR) is 96.1 cm³/mol. The van der Waals surface area contributed by atoms with Gasteiger partial charge in [-0.2, -0.15) is 0 Å². The largest absolute Gasteiger partial charge is 0.461 e. The number of para-hydroxylation sites is 2. The number of carbonyl (C=O) groups is 1. The molecule has 4 nitrogen and oxygen atoms in total. The van der Waals surface area contributed by atoms with Gasteiger partial charge in [0.25, 0.3) is 0 Å². The van der Waals surface area contributed by atoms with Gasteiger partial charge >= 0.3 is 5.97 Å². The number of carbonyl (C=O) groups excluding carboxylic acids is 1. The van der Waals surface area contributed by atoms with E-state index in [1.54, 1.807) is 31.2 Å². The van der Waals surface area contributed by atoms with E-state index in [-0.39, 0.29) is 12.3 Å². The molecule has 0 radical (unpaired) electrons. The van der Waals surface area contributed by atoms with E-state index in [9.17, 15) is 4.79 Å². The van der Waals surface area contributed by atoms with Crippen LogP contribution < -0.4 is 0 Å². The second-order valence-corrected chi connectivity index (χ2v) is 6.64. The van der Waals surface area contributed by atoms with Gasteiger partial charge in [0, 0.05) is 9.92 Å². The average Bonchev–Trinajstić information content (AvgIpc) is 2.57. The van der Waals surface area contributed by atoms with Crippen LogP contribution in [-0.4, -0.2) is 22.5 Å². The van der Waals surface area contributed by atoms with E-state index >= 15 is 0 Å². The maximum atomic E-state index is 12.2. The number of halogens is 2. The van der Waals surface area contributed by atoms with E-state index in [0.29, 0.717) is 26.1 Å². The van der Waals surface area contributed by atoms with Crippen LogP contribution in [0, 0.1) is 0 Å². The monoisotopic (exact) mass is 378 g/mol. The van der Waals surface area contributed by atoms with Crippen LogP contribution in [0.3, 0.4) is 0 Å². The molecule has 3 aromatic rings. The predicted octanol–water partition coefficient (Wildman–Crippen LogP) is 5.26. The Morgan fingerprint density at radius 1 is 1.12 bits per heavy atom. The Morgan fingerprint density at radius 3 is 2.50 bits per heavy atom. The van der Waals surface area contributed by atoms with Crippen molar-refractivity contribution in [3.05, 3.63) is 58.2 Å². The Hall–Kier alpha value is -1.82. The average molecular weight is 379 g/mol. The molecular weight excluding hydrogens is 367 g/mol. The van der Waals surface area contributed by atoms with Crippen LogP contribution in [0.1, 0.15) is 17.4 Å². The molecule has 7 heteroatoms. The molecule has 0 saturated carbocycles. The van der Waals surface area contributed by atoms with Crippen molar-refractivity contribution in [3.63, 3.8) is 0 Å². The Morgan fingerprint density at radius 2 is 1.83 bits per heavy atom. The molecule has 1 heterocycles. The van der Waals surface area contributed by atoms with Gasteiger partial charge in [0.2, 0.25) is 0 Å². The Balaban J connectivity index is 2.09. The summed E-state index contributed by atoms with van der Waals surface area (Å²) in [6.07, 6.45) is 0. The zero-order chi connectivity index (χ0) is 17.1. The van der Waals surface area contributed by atoms with E-state index in [4.69, 9.17) is 27.9 Å². The van der Waals surface area contributed by atoms with E-state index in [0.717, 1.165) is 4.90 Å². The van der Waals surface area contributed by atoms with E-state index in [2.05, 4.69) is 9.97 Å². The summed E-state index contributed by atoms with van der Waals surface area (Å²) in [5.74, 6) is -0.511. The summed E-state index contributed by atoms with van der Waals surface area (Å²) >= 11 is 13.4. The number of hydrogen-bond donors (Lipinski definition) is 0. The van der Waals surface area contributed by atoms with E-state index in [1.165, 1.54) is 11.8 Å². The number of ether oxygens (including phenoxy) is 1. The topological polar surface area (TPSA) is 52.1 Å². The fourth-order valence-corrected chi connectivity index (χ4v) is 3.44. The Bertz CT molecular complexity index is 918. The maximum absolute atomic E-state index is 12.2. The third kappa shape index (κ3) is 3.64. The Labute approximate surface area is 153 Å². The second kappa shape index (κ2) is 7.38. The van der Waals surface area contributed by atoms with E-state index in [1.807, 2.05) is 18.2 Å². The molecule has 0 bridgehead atoms. The molecule has 24 heavy (non-hydrogen) atoms. The summed E-state index contributed by atoms with van der Waals surface area (Å²) in [6.45, 7) is 2.01. The highest BCUT2D eigenvalue weighted by Gasteiger charge is 2.19. The summed E-state index contributed by atoms with van der Waals surface area (Å²) in [7, 11) is 0. The molecule has 0 spiro atoms. The molecule has 3 rings (SSSR count). The van der Waals surface area contributed by atoms with Crippen molar-refractivity contribution in [2.45, 2.75) is 16.8 Å². The third-order valence-electron chi connectivity index (χ3n) is 3.11. The fraction of sp³-hybridized carbons (Fsp3) is 0.118. The highest BCUT2D eigenvalue weighted by molar-refractivity contribution is 7.99. The van der Waals surface area contributed by atoms with Crippen molar-refractivity contribution in [2.75, 3.05) is 6.61 Å². The second-order valence-electron chi connectivity index (χ2n) is 4.76. The van der Waals surface area contributed by atoms with Crippen LogP contribution >= 0.6 is 35.0 Å². The third-order valence-corrected chi connectivity index (χ3v) is 4.82. The molecule has 0 aliphatic carbocycles. The van der Waals surface area contributed by atoms with Crippen LogP contribution in [0.2, 0.25) is 10.0 Å². The van der Waals surface area contributed by atoms with Crippen LogP contribution in [0.15, 0.2) is 52.4 Å². The van der Waals surface area contributed by atoms with Gasteiger partial charge in [-0.1, -0.05) is 47.1 Å². The molecular formula is C17H12Cl2N2O2S. The van der Waals surface area contributed by atoms with Crippen LogP contribution in [0.25, 0.3) is 11.0 Å². The number of rotatable bonds is 4. The van der Waals surface area contributed by atoms with Gasteiger partial charge in [-0.3, -0.25) is 0 Å². The highest BCUT2D eigenvalue weighted by atomic mass is 35.5. The SMILES string of the molecule is CCOC(=O)c1nc2ccccc2nc1Sc1ccc(Cl)cc1Cl. The number of fused-ring (bicyclic) bond motifs is 1. The lowest BCUT2D eigenvalue weighted by Gasteiger charge is -2.09. The molecule has 0 aliphatic rings. The smallest absolute Gasteiger partial charge is 0.359 e. The van der Waals surface area contributed by atoms with Gasteiger partial charge in [-0.15, -0.1) is 0 Å². The summed E-state index contributed by atoms with van der Waals surface area (Å²) in [5.41, 5.74) is 1.50. The number of hydrogen-bond acceptors (Lipinski definition) is 5. The van der Waals surface area contributed by atoms with Gasteiger partial charge in [0.15, 0.2) is 5.69 Å². The molecule has 1 aromatic heterocycles. The molecule has 0 unspecified atom stereocenters. The van der Waals surface area contributed by atoms with Gasteiger partial charge in [0.05, 0.1) is 22.7 Å². The van der Waals surface area contributed by atoms with Crippen molar-refractivity contribution in [1.29, 1.82) is 0 Å². The molecule has 122 valence electrons. The van der Waals surface area contributed by atoms with Crippen molar-refractivity contribution in [1.82, 2.24) is 9.97 Å². The molecule has 0 N–H and O–H groups in total. The summed E-state index contributed by atoms with van der Waals surface area (Å²) in [6, 6.07) is 12.5. The maximum Gasteiger partial charge on any atom is 0.359 e. The number of benzene rings is 2. The van der Waals surface area contributed by atoms with Crippen molar-refractivity contribution >= 4 is 52.0 Å². The summed E-state index contributed by atoms with van der Waals surface area (Å²) in [5, 5.41) is 1.47. The lowest BCUT2D eigenvalue weighted by Crippen LogP contribution is -2.10. The quantitative estimate of drug-likeness (QED) is 0.579. The molecule has 0 fully saturated rings. The van der Waals surface area contributed by atoms with Gasteiger partial charge in [-0.05, 0) is 37.3 Å². The molecule has 0 atom stereocenters. The molecule has 0 saturated heterocycles. The first-order valence-electron chi connectivity index (χ1n) is 7.15. The summed E-state index contributed by atoms with van der Waals surface area (Å²) in [4.78, 5) is 21.9. The van der Waals surface area contributed by atoms with Crippen LogP contribution in [0.4, 0.5) is 0 Å². The highest BCUT2D eigenvalue weighted by Crippen LogP contribution is 2.35. The minimum Gasteiger partial charge on any atom is -0.461 e. The zero-order valence-corrected chi connectivity index (χ0v) is 15.0. The van der Waals surface area contributed by atoms with Crippen molar-refractivity contribution in [2.24, 2.45) is 0 Å². The van der Waals surface area contributed by atoms with Crippen molar-refractivity contribution < 1.29 is 9.53 Å². The fourth-order valence-electron chi connectivity index (χ4n) is 2.05. The lowest BCUT2D eigenvalue weighted by molar-refractivity contribution is 0.0514. The van der Waals surface area contributed by atoms with Gasteiger partial charge < -0.3 is 4.74 Å². The molecule has 0 aliphatic heterocycles.